The van der Waals surface area contributed by atoms with E-state index in [0.29, 0.717) is 12.4 Å². The van der Waals surface area contributed by atoms with E-state index in [1.807, 2.05) is 0 Å². The maximum absolute atomic E-state index is 11.3. The van der Waals surface area contributed by atoms with Gasteiger partial charge in [-0.25, -0.2) is 0 Å². The number of rotatable bonds is 6. The Kier molecular flexibility index (Phi) is 4.72. The molecule has 7 nitrogen and oxygen atoms in total. The number of nitrogens with one attached hydrogen (secondary N) is 1. The van der Waals surface area contributed by atoms with Gasteiger partial charge < -0.3 is 20.3 Å². The first-order valence-electron chi connectivity index (χ1n) is 4.51. The third-order valence-electron chi connectivity index (χ3n) is 1.86. The van der Waals surface area contributed by atoms with E-state index < -0.39 is 0 Å². The zero-order valence-electron chi connectivity index (χ0n) is 8.47. The van der Waals surface area contributed by atoms with Crippen LogP contribution in [-0.2, 0) is 16.1 Å². The molecule has 0 aliphatic carbocycles. The van der Waals surface area contributed by atoms with Crippen LogP contribution in [0.3, 0.4) is 0 Å². The fourth-order valence-corrected chi connectivity index (χ4v) is 0.990. The SMILES string of the molecule is COC(CN)CC(=O)NCc1ncon1. The lowest BCUT2D eigenvalue weighted by atomic mass is 10.2. The third-order valence-corrected chi connectivity index (χ3v) is 1.86. The first kappa shape index (κ1) is 11.6. The molecular formula is C8H14N4O3. The van der Waals surface area contributed by atoms with Crippen molar-refractivity contribution >= 4 is 5.91 Å². The smallest absolute Gasteiger partial charge is 0.223 e. The number of hydrogen-bond acceptors (Lipinski definition) is 6. The second-order valence-corrected chi connectivity index (χ2v) is 2.92. The number of carbonyl (C=O) groups is 1. The molecule has 3 N–H and O–H groups in total. The molecule has 15 heavy (non-hydrogen) atoms. The Morgan fingerprint density at radius 1 is 1.80 bits per heavy atom. The molecule has 0 bridgehead atoms. The van der Waals surface area contributed by atoms with Gasteiger partial charge in [0.25, 0.3) is 0 Å². The van der Waals surface area contributed by atoms with Crippen LogP contribution in [0.25, 0.3) is 0 Å². The molecule has 0 spiro atoms. The standard InChI is InChI=1S/C8H14N4O3/c1-14-6(3-9)2-8(13)10-4-7-11-5-15-12-7/h5-6H,2-4,9H2,1H3,(H,10,13). The van der Waals surface area contributed by atoms with Crippen molar-refractivity contribution in [1.82, 2.24) is 15.5 Å². The second-order valence-electron chi connectivity index (χ2n) is 2.92. The fourth-order valence-electron chi connectivity index (χ4n) is 0.990. The predicted molar refractivity (Wildman–Crippen MR) is 50.6 cm³/mol. The van der Waals surface area contributed by atoms with E-state index in [4.69, 9.17) is 10.5 Å². The summed E-state index contributed by atoms with van der Waals surface area (Å²) in [6, 6.07) is 0. The number of hydrogen-bond donors (Lipinski definition) is 2. The van der Waals surface area contributed by atoms with E-state index in [2.05, 4.69) is 20.0 Å². The molecule has 0 saturated carbocycles. The number of nitrogens with two attached hydrogens (primary N) is 1. The van der Waals surface area contributed by atoms with E-state index in [-0.39, 0.29) is 25.0 Å². The highest BCUT2D eigenvalue weighted by Crippen LogP contribution is 1.95. The van der Waals surface area contributed by atoms with Gasteiger partial charge in [0.1, 0.15) is 0 Å². The minimum atomic E-state index is -0.254. The van der Waals surface area contributed by atoms with Crippen molar-refractivity contribution in [3.8, 4) is 0 Å². The Morgan fingerprint density at radius 3 is 3.13 bits per heavy atom. The zero-order chi connectivity index (χ0) is 11.1. The van der Waals surface area contributed by atoms with Gasteiger partial charge in [-0.05, 0) is 0 Å². The van der Waals surface area contributed by atoms with Crippen LogP contribution < -0.4 is 11.1 Å². The highest BCUT2D eigenvalue weighted by Gasteiger charge is 2.11. The van der Waals surface area contributed by atoms with Gasteiger partial charge in [-0.3, -0.25) is 4.79 Å². The largest absolute Gasteiger partial charge is 0.380 e. The van der Waals surface area contributed by atoms with Crippen LogP contribution in [0.1, 0.15) is 12.2 Å². The van der Waals surface area contributed by atoms with Crippen molar-refractivity contribution in [2.24, 2.45) is 5.73 Å². The topological polar surface area (TPSA) is 103 Å². The molecule has 84 valence electrons. The molecule has 0 aliphatic heterocycles. The van der Waals surface area contributed by atoms with Crippen LogP contribution in [-0.4, -0.2) is 35.8 Å². The Bertz CT molecular complexity index is 284. The lowest BCUT2D eigenvalue weighted by Gasteiger charge is -2.11. The summed E-state index contributed by atoms with van der Waals surface area (Å²) >= 11 is 0. The average molecular weight is 214 g/mol. The van der Waals surface area contributed by atoms with E-state index in [9.17, 15) is 4.79 Å². The average Bonchev–Trinajstić information content (AvgIpc) is 2.75. The first-order valence-corrected chi connectivity index (χ1v) is 4.51. The quantitative estimate of drug-likeness (QED) is 0.632. The number of amides is 1. The highest BCUT2D eigenvalue weighted by molar-refractivity contribution is 5.76. The van der Waals surface area contributed by atoms with Gasteiger partial charge in [0, 0.05) is 13.7 Å². The first-order chi connectivity index (χ1) is 7.26. The molecule has 1 heterocycles. The monoisotopic (exact) mass is 214 g/mol. The molecule has 1 rings (SSSR count). The summed E-state index contributed by atoms with van der Waals surface area (Å²) in [5.41, 5.74) is 5.38. The minimum Gasteiger partial charge on any atom is -0.380 e. The fraction of sp³-hybridized carbons (Fsp3) is 0.625. The van der Waals surface area contributed by atoms with Crippen LogP contribution >= 0.6 is 0 Å². The van der Waals surface area contributed by atoms with Crippen molar-refractivity contribution in [1.29, 1.82) is 0 Å². The van der Waals surface area contributed by atoms with Crippen LogP contribution in [0, 0.1) is 0 Å². The number of nitrogens with zero attached hydrogens (tertiary/aromatic N) is 2. The minimum absolute atomic E-state index is 0.155. The molecule has 0 radical (unpaired) electrons. The number of methoxy groups -OCH3 is 1. The molecule has 0 aliphatic rings. The van der Waals surface area contributed by atoms with Gasteiger partial charge in [-0.1, -0.05) is 5.16 Å². The van der Waals surface area contributed by atoms with Gasteiger partial charge in [-0.2, -0.15) is 4.98 Å². The molecule has 1 unspecified atom stereocenters. The lowest BCUT2D eigenvalue weighted by Crippen LogP contribution is -2.32. The summed E-state index contributed by atoms with van der Waals surface area (Å²) < 4.78 is 9.48. The van der Waals surface area contributed by atoms with Crippen molar-refractivity contribution in [2.75, 3.05) is 13.7 Å². The Morgan fingerprint density at radius 2 is 2.60 bits per heavy atom. The molecule has 7 heteroatoms. The molecule has 1 atom stereocenters. The summed E-state index contributed by atoms with van der Waals surface area (Å²) in [6.45, 7) is 0.558. The van der Waals surface area contributed by atoms with Gasteiger partial charge in [0.15, 0.2) is 5.82 Å². The third kappa shape index (κ3) is 4.05. The number of aromatic nitrogens is 2. The van der Waals surface area contributed by atoms with Gasteiger partial charge >= 0.3 is 0 Å². The highest BCUT2D eigenvalue weighted by atomic mass is 16.5. The Hall–Kier alpha value is -1.47. The van der Waals surface area contributed by atoms with E-state index >= 15 is 0 Å². The van der Waals surface area contributed by atoms with Crippen LogP contribution in [0.15, 0.2) is 10.9 Å². The lowest BCUT2D eigenvalue weighted by molar-refractivity contribution is -0.123. The summed E-state index contributed by atoms with van der Waals surface area (Å²) in [7, 11) is 1.52. The summed E-state index contributed by atoms with van der Waals surface area (Å²) in [5, 5.41) is 6.18. The molecule has 1 aromatic rings. The van der Waals surface area contributed by atoms with Gasteiger partial charge in [0.05, 0.1) is 19.1 Å². The number of carbonyl (C=O) groups excluding carboxylic acids is 1. The van der Waals surface area contributed by atoms with E-state index in [0.717, 1.165) is 0 Å². The van der Waals surface area contributed by atoms with Crippen LogP contribution in [0.5, 0.6) is 0 Å². The van der Waals surface area contributed by atoms with Crippen molar-refractivity contribution in [3.05, 3.63) is 12.2 Å². The van der Waals surface area contributed by atoms with E-state index in [1.54, 1.807) is 0 Å². The van der Waals surface area contributed by atoms with Crippen LogP contribution in [0.4, 0.5) is 0 Å². The second kappa shape index (κ2) is 6.10. The molecule has 0 saturated heterocycles. The molecular weight excluding hydrogens is 200 g/mol. The van der Waals surface area contributed by atoms with Gasteiger partial charge in [0.2, 0.25) is 12.3 Å². The number of ether oxygens (including phenoxy) is 1. The molecule has 0 aromatic carbocycles. The van der Waals surface area contributed by atoms with Crippen LogP contribution in [0.2, 0.25) is 0 Å². The van der Waals surface area contributed by atoms with Crippen molar-refractivity contribution in [3.63, 3.8) is 0 Å². The maximum Gasteiger partial charge on any atom is 0.223 e. The molecule has 1 aromatic heterocycles. The Labute approximate surface area is 87.0 Å². The summed E-state index contributed by atoms with van der Waals surface area (Å²) in [5.74, 6) is 0.280. The Balaban J connectivity index is 2.24. The molecule has 0 fully saturated rings. The summed E-state index contributed by atoms with van der Waals surface area (Å²) in [6.07, 6.45) is 1.18. The predicted octanol–water partition coefficient (Wildman–Crippen LogP) is -0.950. The summed E-state index contributed by atoms with van der Waals surface area (Å²) in [4.78, 5) is 15.1. The molecule has 1 amide bonds. The normalized spacial score (nSPS) is 12.4. The maximum atomic E-state index is 11.3. The zero-order valence-corrected chi connectivity index (χ0v) is 8.47. The van der Waals surface area contributed by atoms with Gasteiger partial charge in [-0.15, -0.1) is 0 Å². The van der Waals surface area contributed by atoms with Crippen molar-refractivity contribution in [2.45, 2.75) is 19.1 Å². The van der Waals surface area contributed by atoms with Crippen molar-refractivity contribution < 1.29 is 14.1 Å². The van der Waals surface area contributed by atoms with E-state index in [1.165, 1.54) is 13.5 Å².